The molecule has 4 aromatic rings. The van der Waals surface area contributed by atoms with E-state index in [4.69, 9.17) is 9.47 Å². The second kappa shape index (κ2) is 9.21. The van der Waals surface area contributed by atoms with Gasteiger partial charge in [0.1, 0.15) is 17.1 Å². The van der Waals surface area contributed by atoms with E-state index >= 15 is 0 Å². The molecule has 2 aromatic carbocycles. The third-order valence-electron chi connectivity index (χ3n) is 5.77. The maximum absolute atomic E-state index is 12.9. The standard InChI is InChI=1S/C24H25N5O3S/c1-16-25-9-10-29(16)15-17-3-5-18(6-4-17)23(30)27-24-26-21-20(31-2)8-7-19(22(21)33-24)28-11-13-32-14-12-28/h3-10H,11-15H2,1-2H3,(H,26,27,30). The van der Waals surface area contributed by atoms with Crippen LogP contribution in [0.4, 0.5) is 10.8 Å². The Bertz CT molecular complexity index is 1280. The first kappa shape index (κ1) is 21.4. The molecular weight excluding hydrogens is 438 g/mol. The molecule has 0 spiro atoms. The number of nitrogens with one attached hydrogen (secondary N) is 1. The Kier molecular flexibility index (Phi) is 5.97. The molecule has 2 aromatic heterocycles. The Morgan fingerprint density at radius 2 is 1.97 bits per heavy atom. The Labute approximate surface area is 195 Å². The van der Waals surface area contributed by atoms with Gasteiger partial charge in [0.25, 0.3) is 5.91 Å². The van der Waals surface area contributed by atoms with Gasteiger partial charge in [-0.15, -0.1) is 0 Å². The van der Waals surface area contributed by atoms with Gasteiger partial charge in [-0.3, -0.25) is 10.1 Å². The van der Waals surface area contributed by atoms with Gasteiger partial charge in [0.05, 0.1) is 30.7 Å². The van der Waals surface area contributed by atoms with Gasteiger partial charge in [0.15, 0.2) is 5.13 Å². The molecule has 0 unspecified atom stereocenters. The molecule has 33 heavy (non-hydrogen) atoms. The molecule has 0 bridgehead atoms. The first-order chi connectivity index (χ1) is 16.1. The largest absolute Gasteiger partial charge is 0.494 e. The zero-order valence-electron chi connectivity index (χ0n) is 18.6. The Morgan fingerprint density at radius 1 is 1.18 bits per heavy atom. The lowest BCUT2D eigenvalue weighted by atomic mass is 10.1. The molecule has 170 valence electrons. The van der Waals surface area contributed by atoms with Crippen molar-refractivity contribution in [2.45, 2.75) is 13.5 Å². The third kappa shape index (κ3) is 4.42. The van der Waals surface area contributed by atoms with Crippen LogP contribution in [0.5, 0.6) is 5.75 Å². The van der Waals surface area contributed by atoms with Crippen molar-refractivity contribution in [3.05, 3.63) is 65.7 Å². The predicted octanol–water partition coefficient (Wildman–Crippen LogP) is 3.95. The highest BCUT2D eigenvalue weighted by Gasteiger charge is 2.20. The van der Waals surface area contributed by atoms with Crippen molar-refractivity contribution in [3.8, 4) is 5.75 Å². The van der Waals surface area contributed by atoms with E-state index in [0.29, 0.717) is 29.7 Å². The van der Waals surface area contributed by atoms with Crippen LogP contribution in [0.15, 0.2) is 48.8 Å². The summed E-state index contributed by atoms with van der Waals surface area (Å²) in [6, 6.07) is 11.6. The van der Waals surface area contributed by atoms with E-state index in [1.54, 1.807) is 13.3 Å². The number of carbonyl (C=O) groups is 1. The highest BCUT2D eigenvalue weighted by molar-refractivity contribution is 7.23. The number of carbonyl (C=O) groups excluding carboxylic acids is 1. The quantitative estimate of drug-likeness (QED) is 0.466. The van der Waals surface area contributed by atoms with Crippen molar-refractivity contribution < 1.29 is 14.3 Å². The fourth-order valence-electron chi connectivity index (χ4n) is 3.94. The smallest absolute Gasteiger partial charge is 0.257 e. The van der Waals surface area contributed by atoms with Gasteiger partial charge in [-0.25, -0.2) is 9.97 Å². The third-order valence-corrected chi connectivity index (χ3v) is 6.76. The fraction of sp³-hybridized carbons (Fsp3) is 0.292. The molecular formula is C24H25N5O3S. The number of benzene rings is 2. The molecule has 8 nitrogen and oxygen atoms in total. The number of methoxy groups -OCH3 is 1. The topological polar surface area (TPSA) is 81.5 Å². The predicted molar refractivity (Wildman–Crippen MR) is 130 cm³/mol. The number of aryl methyl sites for hydroxylation is 1. The van der Waals surface area contributed by atoms with Crippen LogP contribution in [-0.2, 0) is 11.3 Å². The number of imidazole rings is 1. The highest BCUT2D eigenvalue weighted by Crippen LogP contribution is 2.39. The van der Waals surface area contributed by atoms with Crippen LogP contribution in [0.25, 0.3) is 10.2 Å². The van der Waals surface area contributed by atoms with Gasteiger partial charge in [-0.05, 0) is 36.8 Å². The monoisotopic (exact) mass is 463 g/mol. The van der Waals surface area contributed by atoms with Crippen molar-refractivity contribution in [3.63, 3.8) is 0 Å². The summed E-state index contributed by atoms with van der Waals surface area (Å²) in [5, 5.41) is 3.51. The van der Waals surface area contributed by atoms with Crippen LogP contribution in [0.3, 0.4) is 0 Å². The van der Waals surface area contributed by atoms with Gasteiger partial charge in [0, 0.05) is 37.6 Å². The zero-order valence-corrected chi connectivity index (χ0v) is 19.4. The SMILES string of the molecule is COc1ccc(N2CCOCC2)c2sc(NC(=O)c3ccc(Cn4ccnc4C)cc3)nc12. The summed E-state index contributed by atoms with van der Waals surface area (Å²) < 4.78 is 14.1. The lowest BCUT2D eigenvalue weighted by molar-refractivity contribution is 0.102. The molecule has 1 amide bonds. The van der Waals surface area contributed by atoms with Crippen LogP contribution in [0.1, 0.15) is 21.7 Å². The zero-order chi connectivity index (χ0) is 22.8. The molecule has 0 aliphatic carbocycles. The molecule has 1 saturated heterocycles. The van der Waals surface area contributed by atoms with Crippen molar-refractivity contribution in [2.75, 3.05) is 43.6 Å². The van der Waals surface area contributed by atoms with Crippen LogP contribution in [0, 0.1) is 6.92 Å². The van der Waals surface area contributed by atoms with E-state index in [9.17, 15) is 4.79 Å². The van der Waals surface area contributed by atoms with Gasteiger partial charge in [-0.1, -0.05) is 23.5 Å². The maximum atomic E-state index is 12.9. The molecule has 3 heterocycles. The van der Waals surface area contributed by atoms with Crippen LogP contribution < -0.4 is 15.0 Å². The first-order valence-electron chi connectivity index (χ1n) is 10.8. The number of thiazole rings is 1. The van der Waals surface area contributed by atoms with Crippen LogP contribution >= 0.6 is 11.3 Å². The molecule has 0 saturated carbocycles. The number of amides is 1. The van der Waals surface area contributed by atoms with Crippen LogP contribution in [-0.4, -0.2) is 53.9 Å². The normalized spacial score (nSPS) is 13.9. The fourth-order valence-corrected chi connectivity index (χ4v) is 4.96. The van der Waals surface area contributed by atoms with E-state index in [0.717, 1.165) is 46.9 Å². The number of fused-ring (bicyclic) bond motifs is 1. The van der Waals surface area contributed by atoms with Crippen molar-refractivity contribution >= 4 is 38.3 Å². The van der Waals surface area contributed by atoms with Gasteiger partial charge in [-0.2, -0.15) is 0 Å². The Hall–Kier alpha value is -3.43. The van der Waals surface area contributed by atoms with Crippen molar-refractivity contribution in [2.24, 2.45) is 0 Å². The number of morpholine rings is 1. The number of hydrogen-bond acceptors (Lipinski definition) is 7. The van der Waals surface area contributed by atoms with E-state index < -0.39 is 0 Å². The molecule has 1 aliphatic heterocycles. The van der Waals surface area contributed by atoms with E-state index in [1.807, 2.05) is 43.5 Å². The second-order valence-corrected chi connectivity index (χ2v) is 8.84. The lowest BCUT2D eigenvalue weighted by Gasteiger charge is -2.29. The summed E-state index contributed by atoms with van der Waals surface area (Å²) in [5.74, 6) is 1.46. The summed E-state index contributed by atoms with van der Waals surface area (Å²) in [7, 11) is 1.63. The number of rotatable bonds is 6. The second-order valence-electron chi connectivity index (χ2n) is 7.84. The summed E-state index contributed by atoms with van der Waals surface area (Å²) >= 11 is 1.46. The molecule has 1 aliphatic rings. The highest BCUT2D eigenvalue weighted by atomic mass is 32.1. The minimum Gasteiger partial charge on any atom is -0.494 e. The Balaban J connectivity index is 1.36. The van der Waals surface area contributed by atoms with Gasteiger partial charge < -0.3 is 18.9 Å². The lowest BCUT2D eigenvalue weighted by Crippen LogP contribution is -2.36. The number of anilines is 2. The van der Waals surface area contributed by atoms with E-state index in [1.165, 1.54) is 11.3 Å². The maximum Gasteiger partial charge on any atom is 0.257 e. The first-order valence-corrected chi connectivity index (χ1v) is 11.6. The summed E-state index contributed by atoms with van der Waals surface area (Å²) in [5.41, 5.74) is 3.53. The average molecular weight is 464 g/mol. The van der Waals surface area contributed by atoms with Crippen molar-refractivity contribution in [1.29, 1.82) is 0 Å². The Morgan fingerprint density at radius 3 is 2.67 bits per heavy atom. The number of hydrogen-bond donors (Lipinski definition) is 1. The number of nitrogens with zero attached hydrogens (tertiary/aromatic N) is 4. The van der Waals surface area contributed by atoms with E-state index in [-0.39, 0.29) is 5.91 Å². The molecule has 1 fully saturated rings. The minimum absolute atomic E-state index is 0.189. The minimum atomic E-state index is -0.189. The van der Waals surface area contributed by atoms with E-state index in [2.05, 4.69) is 30.8 Å². The summed E-state index contributed by atoms with van der Waals surface area (Å²) in [4.78, 5) is 24.1. The molecule has 1 N–H and O–H groups in total. The number of aromatic nitrogens is 3. The molecule has 9 heteroatoms. The number of ether oxygens (including phenoxy) is 2. The van der Waals surface area contributed by atoms with Crippen LogP contribution in [0.2, 0.25) is 0 Å². The molecule has 0 radical (unpaired) electrons. The summed E-state index contributed by atoms with van der Waals surface area (Å²) in [6.45, 7) is 5.74. The van der Waals surface area contributed by atoms with Gasteiger partial charge >= 0.3 is 0 Å². The summed E-state index contributed by atoms with van der Waals surface area (Å²) in [6.07, 6.45) is 3.73. The van der Waals surface area contributed by atoms with Crippen molar-refractivity contribution in [1.82, 2.24) is 14.5 Å². The van der Waals surface area contributed by atoms with Gasteiger partial charge in [0.2, 0.25) is 0 Å². The average Bonchev–Trinajstić information content (AvgIpc) is 3.45. The molecule has 0 atom stereocenters. The molecule has 5 rings (SSSR count).